The Labute approximate surface area is 356 Å². The van der Waals surface area contributed by atoms with Crippen LogP contribution in [-0.2, 0) is 14.3 Å². The molecule has 16 nitrogen and oxygen atoms in total. The van der Waals surface area contributed by atoms with Crippen molar-refractivity contribution < 1.29 is 29.0 Å². The minimum Gasteiger partial charge on any atom is -0.465 e. The van der Waals surface area contributed by atoms with Crippen LogP contribution in [0.3, 0.4) is 0 Å². The van der Waals surface area contributed by atoms with Crippen molar-refractivity contribution in [1.82, 2.24) is 49.8 Å². The van der Waals surface area contributed by atoms with E-state index in [2.05, 4.69) is 48.9 Å². The van der Waals surface area contributed by atoms with E-state index in [9.17, 15) is 24.3 Å². The van der Waals surface area contributed by atoms with Gasteiger partial charge in [-0.25, -0.2) is 24.5 Å². The summed E-state index contributed by atoms with van der Waals surface area (Å²) in [6.45, 7) is 8.61. The maximum atomic E-state index is 13.6. The summed E-state index contributed by atoms with van der Waals surface area (Å²) in [7, 11) is 1.29. The number of alkyl carbamates (subject to hydrolysis) is 1. The molecule has 2 saturated heterocycles. The van der Waals surface area contributed by atoms with Gasteiger partial charge in [-0.1, -0.05) is 87.6 Å². The number of methoxy groups -OCH3 is 1. The summed E-state index contributed by atoms with van der Waals surface area (Å²) in [5, 5.41) is 14.4. The third-order valence-corrected chi connectivity index (χ3v) is 12.7. The van der Waals surface area contributed by atoms with Gasteiger partial charge in [0.05, 0.1) is 53.5 Å². The number of rotatable bonds is 12. The van der Waals surface area contributed by atoms with Crippen molar-refractivity contribution in [1.29, 1.82) is 0 Å². The number of amides is 4. The van der Waals surface area contributed by atoms with Crippen LogP contribution in [0.2, 0.25) is 0 Å². The highest BCUT2D eigenvalue weighted by molar-refractivity contribution is 7.20. The van der Waals surface area contributed by atoms with E-state index >= 15 is 0 Å². The summed E-state index contributed by atoms with van der Waals surface area (Å²) >= 11 is 1.61. The summed E-state index contributed by atoms with van der Waals surface area (Å²) in [4.78, 5) is 76.9. The van der Waals surface area contributed by atoms with Gasteiger partial charge in [0, 0.05) is 31.0 Å². The Kier molecular flexibility index (Phi) is 11.7. The average Bonchev–Trinajstić information content (AvgIpc) is 4.11. The number of H-pyrrole nitrogens is 2. The number of hydrogen-bond acceptors (Lipinski definition) is 9. The van der Waals surface area contributed by atoms with Crippen LogP contribution in [0.4, 0.5) is 9.59 Å². The molecule has 4 atom stereocenters. The molecule has 0 aliphatic carbocycles. The summed E-state index contributed by atoms with van der Waals surface area (Å²) in [5.41, 5.74) is 6.52. The Morgan fingerprint density at radius 3 is 1.70 bits per heavy atom. The quantitative estimate of drug-likeness (QED) is 0.0826. The van der Waals surface area contributed by atoms with E-state index in [0.29, 0.717) is 18.9 Å². The fourth-order valence-corrected chi connectivity index (χ4v) is 9.31. The number of nitrogens with one attached hydrogen (secondary N) is 4. The second kappa shape index (κ2) is 17.2. The molecule has 2 fully saturated rings. The number of benzene rings is 2. The van der Waals surface area contributed by atoms with Crippen molar-refractivity contribution in [2.24, 2.45) is 11.8 Å². The molecule has 318 valence electrons. The number of carbonyl (C=O) groups is 4. The number of thiazole rings is 1. The van der Waals surface area contributed by atoms with E-state index in [4.69, 9.17) is 9.72 Å². The fourth-order valence-electron chi connectivity index (χ4n) is 8.34. The normalized spacial score (nSPS) is 17.6. The molecule has 2 aromatic carbocycles. The van der Waals surface area contributed by atoms with E-state index in [1.54, 1.807) is 33.5 Å². The SMILES string of the molecule is COC(=O)N[C@H](C(=O)N1CCCC1c1ncc(-c2ccc(-c3cn4cc(-c5ccc(-c6cnc([C@@H]7CCCN7C(=O)[C@@H](NC(=O)O)C(C)C)[nH]6)cc5)sc4n3)cc2)[nH]1)C(C)C. The lowest BCUT2D eigenvalue weighted by Gasteiger charge is -2.30. The van der Waals surface area contributed by atoms with Crippen LogP contribution < -0.4 is 10.6 Å². The zero-order valence-electron chi connectivity index (χ0n) is 34.7. The van der Waals surface area contributed by atoms with Crippen LogP contribution in [0.1, 0.15) is 77.1 Å². The highest BCUT2D eigenvalue weighted by Gasteiger charge is 2.39. The molecule has 0 saturated carbocycles. The van der Waals surface area contributed by atoms with Crippen LogP contribution >= 0.6 is 11.3 Å². The monoisotopic (exact) mass is 846 g/mol. The highest BCUT2D eigenvalue weighted by atomic mass is 32.1. The molecule has 0 bridgehead atoms. The van der Waals surface area contributed by atoms with Crippen molar-refractivity contribution in [3.8, 4) is 44.2 Å². The number of aromatic amines is 2. The van der Waals surface area contributed by atoms with E-state index in [-0.39, 0.29) is 35.7 Å². The van der Waals surface area contributed by atoms with Crippen LogP contribution in [-0.4, -0.2) is 101 Å². The Bertz CT molecular complexity index is 2510. The van der Waals surface area contributed by atoms with Gasteiger partial charge >= 0.3 is 12.2 Å². The molecule has 6 aromatic rings. The predicted octanol–water partition coefficient (Wildman–Crippen LogP) is 7.51. The predicted molar refractivity (Wildman–Crippen MR) is 230 cm³/mol. The molecule has 0 radical (unpaired) electrons. The molecule has 4 amide bonds. The maximum Gasteiger partial charge on any atom is 0.407 e. The summed E-state index contributed by atoms with van der Waals surface area (Å²) in [5.74, 6) is 0.742. The number of imidazole rings is 3. The molecule has 61 heavy (non-hydrogen) atoms. The van der Waals surface area contributed by atoms with E-state index in [0.717, 1.165) is 80.7 Å². The van der Waals surface area contributed by atoms with Crippen LogP contribution in [0.15, 0.2) is 73.3 Å². The Hall–Kier alpha value is -6.49. The van der Waals surface area contributed by atoms with Crippen molar-refractivity contribution in [3.63, 3.8) is 0 Å². The minimum atomic E-state index is -1.21. The second-order valence-corrected chi connectivity index (χ2v) is 17.3. The van der Waals surface area contributed by atoms with Crippen molar-refractivity contribution in [2.45, 2.75) is 77.5 Å². The molecule has 17 heteroatoms. The van der Waals surface area contributed by atoms with Crippen molar-refractivity contribution >= 4 is 40.3 Å². The standard InChI is InChI=1S/C44H50N10O6S/c1-24(2)36(50-43(57)58)40(55)53-18-6-8-33(53)38-46-21-31(48-38)27-14-16-29(17-15-27)35-23-52-22-32(49-42(52)61-35)28-12-10-26(11-13-28)30-20-45-39(47-30)34-9-7-19-54(34)41(56)37(25(3)4)51-44(59)60-5/h10-17,20-25,33-34,36-37,50H,6-9,18-19H2,1-5H3,(H,45,47)(H,46,48)(H,51,59)(H,57,58)/t33-,34?,36-,37-/m0/s1. The molecule has 1 unspecified atom stereocenters. The summed E-state index contributed by atoms with van der Waals surface area (Å²) in [6.07, 6.45) is 9.05. The molecule has 0 spiro atoms. The lowest BCUT2D eigenvalue weighted by Crippen LogP contribution is -2.51. The average molecular weight is 847 g/mol. The van der Waals surface area contributed by atoms with Gasteiger partial charge in [-0.15, -0.1) is 0 Å². The second-order valence-electron chi connectivity index (χ2n) is 16.3. The number of likely N-dealkylation sites (tertiary alicyclic amines) is 2. The van der Waals surface area contributed by atoms with Crippen molar-refractivity contribution in [2.75, 3.05) is 20.2 Å². The fraction of sp³-hybridized carbons (Fsp3) is 0.386. The van der Waals surface area contributed by atoms with Gasteiger partial charge in [0.1, 0.15) is 23.7 Å². The van der Waals surface area contributed by atoms with E-state index < -0.39 is 24.3 Å². The van der Waals surface area contributed by atoms with Gasteiger partial charge in [0.2, 0.25) is 11.8 Å². The number of aromatic nitrogens is 6. The number of ether oxygens (including phenoxy) is 1. The molecular formula is C44H50N10O6S. The Morgan fingerprint density at radius 2 is 1.23 bits per heavy atom. The van der Waals surface area contributed by atoms with Gasteiger partial charge in [0.15, 0.2) is 4.96 Å². The molecular weight excluding hydrogens is 797 g/mol. The smallest absolute Gasteiger partial charge is 0.407 e. The van der Waals surface area contributed by atoms with Gasteiger partial charge in [-0.2, -0.15) is 0 Å². The zero-order valence-corrected chi connectivity index (χ0v) is 35.5. The molecule has 2 aliphatic heterocycles. The van der Waals surface area contributed by atoms with Crippen molar-refractivity contribution in [3.05, 3.63) is 85.0 Å². The van der Waals surface area contributed by atoms with E-state index in [1.807, 2.05) is 74.7 Å². The lowest BCUT2D eigenvalue weighted by atomic mass is 10.0. The third kappa shape index (κ3) is 8.46. The largest absolute Gasteiger partial charge is 0.465 e. The highest BCUT2D eigenvalue weighted by Crippen LogP contribution is 2.36. The first kappa shape index (κ1) is 41.3. The number of carbonyl (C=O) groups excluding carboxylic acids is 3. The first-order valence-electron chi connectivity index (χ1n) is 20.6. The van der Waals surface area contributed by atoms with Crippen LogP contribution in [0.5, 0.6) is 0 Å². The van der Waals surface area contributed by atoms with Gasteiger partial charge < -0.3 is 40.2 Å². The summed E-state index contributed by atoms with van der Waals surface area (Å²) in [6, 6.07) is 14.4. The van der Waals surface area contributed by atoms with E-state index in [1.165, 1.54) is 7.11 Å². The molecule has 2 aliphatic rings. The first-order valence-corrected chi connectivity index (χ1v) is 21.4. The Balaban J connectivity index is 0.911. The number of fused-ring (bicyclic) bond motifs is 1. The zero-order chi connectivity index (χ0) is 42.9. The Morgan fingerprint density at radius 1 is 0.738 bits per heavy atom. The first-order chi connectivity index (χ1) is 29.4. The number of hydrogen-bond donors (Lipinski definition) is 5. The molecule has 5 N–H and O–H groups in total. The lowest BCUT2D eigenvalue weighted by molar-refractivity contribution is -0.136. The topological polar surface area (TPSA) is 203 Å². The molecule has 6 heterocycles. The third-order valence-electron chi connectivity index (χ3n) is 11.6. The summed E-state index contributed by atoms with van der Waals surface area (Å²) < 4.78 is 6.80. The van der Waals surface area contributed by atoms with Crippen LogP contribution in [0, 0.1) is 11.8 Å². The molecule has 8 rings (SSSR count). The van der Waals surface area contributed by atoms with Crippen LogP contribution in [0.25, 0.3) is 49.2 Å². The van der Waals surface area contributed by atoms with Gasteiger partial charge in [-0.05, 0) is 54.2 Å². The molecule has 4 aromatic heterocycles. The number of nitrogens with zero attached hydrogens (tertiary/aromatic N) is 6. The number of carboxylic acid groups (broad SMARTS) is 1. The maximum absolute atomic E-state index is 13.6. The van der Waals surface area contributed by atoms with Gasteiger partial charge in [-0.3, -0.25) is 14.0 Å². The minimum absolute atomic E-state index is 0.108. The van der Waals surface area contributed by atoms with Gasteiger partial charge in [0.25, 0.3) is 0 Å².